The van der Waals surface area contributed by atoms with E-state index in [0.29, 0.717) is 17.2 Å². The summed E-state index contributed by atoms with van der Waals surface area (Å²) < 4.78 is 1.08. The highest BCUT2D eigenvalue weighted by Crippen LogP contribution is 2.36. The van der Waals surface area contributed by atoms with E-state index < -0.39 is 0 Å². The van der Waals surface area contributed by atoms with E-state index in [2.05, 4.69) is 61.0 Å². The summed E-state index contributed by atoms with van der Waals surface area (Å²) >= 11 is 15.9. The van der Waals surface area contributed by atoms with Crippen LogP contribution in [0.15, 0.2) is 28.7 Å². The number of benzene rings is 1. The smallest absolute Gasteiger partial charge is 0.0332 e. The number of rotatable bonds is 5. The van der Waals surface area contributed by atoms with Gasteiger partial charge in [-0.15, -0.1) is 23.2 Å². The lowest BCUT2D eigenvalue weighted by molar-refractivity contribution is 0.318. The van der Waals surface area contributed by atoms with E-state index in [1.54, 1.807) is 0 Å². The highest BCUT2D eigenvalue weighted by molar-refractivity contribution is 9.10. The molecule has 0 aliphatic rings. The van der Waals surface area contributed by atoms with Gasteiger partial charge < -0.3 is 0 Å². The lowest BCUT2D eigenvalue weighted by Crippen LogP contribution is -2.32. The monoisotopic (exact) mass is 350 g/mol. The molecule has 1 aromatic rings. The van der Waals surface area contributed by atoms with Crippen LogP contribution in [0.5, 0.6) is 0 Å². The van der Waals surface area contributed by atoms with Crippen molar-refractivity contribution in [3.8, 4) is 0 Å². The highest BCUT2D eigenvalue weighted by atomic mass is 79.9. The van der Waals surface area contributed by atoms with Gasteiger partial charge in [0, 0.05) is 21.6 Å². The largest absolute Gasteiger partial charge is 0.126 e. The van der Waals surface area contributed by atoms with Crippen molar-refractivity contribution in [2.75, 3.05) is 11.8 Å². The molecule has 0 heterocycles. The summed E-state index contributed by atoms with van der Waals surface area (Å²) in [7, 11) is 0. The van der Waals surface area contributed by atoms with Crippen molar-refractivity contribution in [3.05, 3.63) is 34.3 Å². The molecule has 0 bridgehead atoms. The Morgan fingerprint density at radius 3 is 1.83 bits per heavy atom. The summed E-state index contributed by atoms with van der Waals surface area (Å²) in [6.07, 6.45) is 2.13. The van der Waals surface area contributed by atoms with Crippen molar-refractivity contribution in [2.45, 2.75) is 39.0 Å². The van der Waals surface area contributed by atoms with Crippen LogP contribution in [0.1, 0.15) is 39.2 Å². The Bertz CT molecular complexity index is 361. The Balaban J connectivity index is 2.95. The van der Waals surface area contributed by atoms with Gasteiger partial charge in [0.15, 0.2) is 0 Å². The minimum Gasteiger partial charge on any atom is -0.126 e. The minimum atomic E-state index is -0.114. The van der Waals surface area contributed by atoms with Gasteiger partial charge in [0.25, 0.3) is 0 Å². The van der Waals surface area contributed by atoms with Gasteiger partial charge in [-0.1, -0.05) is 48.8 Å². The van der Waals surface area contributed by atoms with Crippen molar-refractivity contribution in [1.29, 1.82) is 0 Å². The van der Waals surface area contributed by atoms with E-state index in [1.165, 1.54) is 5.56 Å². The van der Waals surface area contributed by atoms with Crippen molar-refractivity contribution in [3.63, 3.8) is 0 Å². The van der Waals surface area contributed by atoms with Crippen LogP contribution in [0.25, 0.3) is 0 Å². The zero-order valence-electron chi connectivity index (χ0n) is 11.3. The summed E-state index contributed by atoms with van der Waals surface area (Å²) in [5, 5.41) is 0. The van der Waals surface area contributed by atoms with Crippen molar-refractivity contribution < 1.29 is 0 Å². The predicted molar refractivity (Wildman–Crippen MR) is 85.9 cm³/mol. The molecule has 0 unspecified atom stereocenters. The van der Waals surface area contributed by atoms with Crippen LogP contribution in [0.2, 0.25) is 0 Å². The number of alkyl halides is 2. The number of halogens is 3. The molecule has 0 spiro atoms. The van der Waals surface area contributed by atoms with Crippen molar-refractivity contribution >= 4 is 39.1 Å². The normalized spacial score (nSPS) is 12.8. The molecule has 1 rings (SSSR count). The van der Waals surface area contributed by atoms with E-state index in [9.17, 15) is 0 Å². The van der Waals surface area contributed by atoms with Gasteiger partial charge in [-0.05, 0) is 36.0 Å². The van der Waals surface area contributed by atoms with Gasteiger partial charge in [0.05, 0.1) is 0 Å². The minimum absolute atomic E-state index is 0.114. The zero-order chi connectivity index (χ0) is 13.8. The molecule has 0 saturated carbocycles. The molecule has 102 valence electrons. The number of hydrogen-bond acceptors (Lipinski definition) is 0. The van der Waals surface area contributed by atoms with Gasteiger partial charge in [0.2, 0.25) is 0 Å². The summed E-state index contributed by atoms with van der Waals surface area (Å²) in [5.74, 6) is 1.13. The first-order chi connectivity index (χ1) is 8.33. The van der Waals surface area contributed by atoms with Crippen LogP contribution in [-0.2, 0) is 5.41 Å². The Labute approximate surface area is 129 Å². The summed E-state index contributed by atoms with van der Waals surface area (Å²) in [6, 6.07) is 8.36. The van der Waals surface area contributed by atoms with E-state index >= 15 is 0 Å². The maximum Gasteiger partial charge on any atom is 0.0332 e. The van der Waals surface area contributed by atoms with Gasteiger partial charge in [-0.3, -0.25) is 0 Å². The van der Waals surface area contributed by atoms with Crippen LogP contribution in [0.3, 0.4) is 0 Å². The molecule has 0 amide bonds. The molecular weight excluding hydrogens is 331 g/mol. The van der Waals surface area contributed by atoms with Gasteiger partial charge in [-0.2, -0.15) is 0 Å². The molecule has 0 N–H and O–H groups in total. The fraction of sp³-hybridized carbons (Fsp3) is 0.600. The first-order valence-electron chi connectivity index (χ1n) is 6.21. The molecule has 0 nitrogen and oxygen atoms in total. The third-order valence-electron chi connectivity index (χ3n) is 3.32. The van der Waals surface area contributed by atoms with Gasteiger partial charge in [-0.25, -0.2) is 0 Å². The summed E-state index contributed by atoms with van der Waals surface area (Å²) in [4.78, 5) is 0. The standard InChI is InChI=1S/C15H21BrCl2/c1-14(2,3)8-9-15(10-17,11-18)12-4-6-13(16)7-5-12/h4-7H,8-11H2,1-3H3. The van der Waals surface area contributed by atoms with Crippen LogP contribution >= 0.6 is 39.1 Å². The molecule has 0 fully saturated rings. The topological polar surface area (TPSA) is 0 Å². The van der Waals surface area contributed by atoms with Crippen LogP contribution in [0.4, 0.5) is 0 Å². The fourth-order valence-corrected chi connectivity index (χ4v) is 3.01. The van der Waals surface area contributed by atoms with E-state index in [4.69, 9.17) is 23.2 Å². The third-order valence-corrected chi connectivity index (χ3v) is 4.87. The van der Waals surface area contributed by atoms with E-state index in [1.807, 2.05) is 0 Å². The second-order valence-corrected chi connectivity index (χ2v) is 7.57. The molecule has 0 atom stereocenters. The second kappa shape index (κ2) is 6.63. The zero-order valence-corrected chi connectivity index (χ0v) is 14.4. The fourth-order valence-electron chi connectivity index (χ4n) is 1.89. The van der Waals surface area contributed by atoms with Crippen molar-refractivity contribution in [2.24, 2.45) is 5.41 Å². The Hall–Kier alpha value is 0.280. The van der Waals surface area contributed by atoms with E-state index in [-0.39, 0.29) is 5.41 Å². The molecule has 3 heteroatoms. The molecule has 0 aliphatic heterocycles. The Kier molecular flexibility index (Phi) is 6.02. The van der Waals surface area contributed by atoms with E-state index in [0.717, 1.165) is 17.3 Å². The molecule has 18 heavy (non-hydrogen) atoms. The molecule has 0 aliphatic carbocycles. The number of hydrogen-bond donors (Lipinski definition) is 0. The lowest BCUT2D eigenvalue weighted by Gasteiger charge is -2.33. The second-order valence-electron chi connectivity index (χ2n) is 6.12. The summed E-state index contributed by atoms with van der Waals surface area (Å²) in [5.41, 5.74) is 1.43. The average Bonchev–Trinajstić information content (AvgIpc) is 2.32. The first kappa shape index (κ1) is 16.3. The maximum atomic E-state index is 6.23. The average molecular weight is 352 g/mol. The highest BCUT2D eigenvalue weighted by Gasteiger charge is 2.31. The quantitative estimate of drug-likeness (QED) is 0.571. The van der Waals surface area contributed by atoms with Crippen molar-refractivity contribution in [1.82, 2.24) is 0 Å². The van der Waals surface area contributed by atoms with Gasteiger partial charge >= 0.3 is 0 Å². The van der Waals surface area contributed by atoms with Crippen LogP contribution in [-0.4, -0.2) is 11.8 Å². The maximum absolute atomic E-state index is 6.23. The van der Waals surface area contributed by atoms with Crippen LogP contribution in [0, 0.1) is 5.41 Å². The summed E-state index contributed by atoms with van der Waals surface area (Å²) in [6.45, 7) is 6.76. The molecule has 0 saturated heterocycles. The molecule has 0 radical (unpaired) electrons. The Morgan fingerprint density at radius 2 is 1.44 bits per heavy atom. The third kappa shape index (κ3) is 4.43. The molecule has 1 aromatic carbocycles. The SMILES string of the molecule is CC(C)(C)CCC(CCl)(CCl)c1ccc(Br)cc1. The molecule has 0 aromatic heterocycles. The van der Waals surface area contributed by atoms with Crippen LogP contribution < -0.4 is 0 Å². The lowest BCUT2D eigenvalue weighted by atomic mass is 9.75. The predicted octanol–water partition coefficient (Wildman–Crippen LogP) is 5.99. The molecular formula is C15H21BrCl2. The Morgan fingerprint density at radius 1 is 0.944 bits per heavy atom. The van der Waals surface area contributed by atoms with Gasteiger partial charge in [0.1, 0.15) is 0 Å². The first-order valence-corrected chi connectivity index (χ1v) is 8.07.